The summed E-state index contributed by atoms with van der Waals surface area (Å²) in [6.07, 6.45) is 0.673. The highest BCUT2D eigenvalue weighted by Crippen LogP contribution is 2.32. The molecule has 8 heteroatoms. The SMILES string of the molecule is CCC1SCC(C(=O)O)N1C(=O)N(C)CC(=O)NC(C)C. The molecule has 1 rings (SSSR count). The fourth-order valence-corrected chi connectivity index (χ4v) is 3.51. The zero-order chi connectivity index (χ0) is 16.2. The van der Waals surface area contributed by atoms with Crippen LogP contribution in [0.5, 0.6) is 0 Å². The molecule has 7 nitrogen and oxygen atoms in total. The zero-order valence-corrected chi connectivity index (χ0v) is 13.6. The van der Waals surface area contributed by atoms with Gasteiger partial charge in [-0.25, -0.2) is 9.59 Å². The van der Waals surface area contributed by atoms with Gasteiger partial charge in [0.1, 0.15) is 12.6 Å². The van der Waals surface area contributed by atoms with Crippen LogP contribution in [0.2, 0.25) is 0 Å². The van der Waals surface area contributed by atoms with Crippen LogP contribution in [0.25, 0.3) is 0 Å². The summed E-state index contributed by atoms with van der Waals surface area (Å²) in [5, 5.41) is 11.8. The van der Waals surface area contributed by atoms with Gasteiger partial charge in [0, 0.05) is 18.8 Å². The Morgan fingerprint density at radius 2 is 2.05 bits per heavy atom. The number of aliphatic carboxylic acids is 1. The Bertz CT molecular complexity index is 416. The molecular formula is C13H23N3O4S. The van der Waals surface area contributed by atoms with Crippen molar-refractivity contribution in [2.45, 2.75) is 44.6 Å². The van der Waals surface area contributed by atoms with Gasteiger partial charge in [-0.1, -0.05) is 6.92 Å². The lowest BCUT2D eigenvalue weighted by molar-refractivity contribution is -0.141. The Morgan fingerprint density at radius 3 is 2.52 bits per heavy atom. The van der Waals surface area contributed by atoms with Crippen molar-refractivity contribution >= 4 is 29.7 Å². The van der Waals surface area contributed by atoms with Crippen LogP contribution in [0.4, 0.5) is 4.79 Å². The van der Waals surface area contributed by atoms with E-state index in [9.17, 15) is 19.5 Å². The van der Waals surface area contributed by atoms with Crippen LogP contribution in [0.1, 0.15) is 27.2 Å². The molecule has 0 spiro atoms. The molecule has 1 aliphatic heterocycles. The first-order chi connectivity index (χ1) is 9.77. The summed E-state index contributed by atoms with van der Waals surface area (Å²) in [5.74, 6) is -0.884. The van der Waals surface area contributed by atoms with Crippen molar-refractivity contribution in [2.75, 3.05) is 19.3 Å². The largest absolute Gasteiger partial charge is 0.480 e. The molecule has 120 valence electrons. The number of carboxylic acids is 1. The van der Waals surface area contributed by atoms with Crippen molar-refractivity contribution in [1.29, 1.82) is 0 Å². The smallest absolute Gasteiger partial charge is 0.327 e. The van der Waals surface area contributed by atoms with Gasteiger partial charge < -0.3 is 15.3 Å². The van der Waals surface area contributed by atoms with E-state index in [0.29, 0.717) is 12.2 Å². The highest BCUT2D eigenvalue weighted by atomic mass is 32.2. The fraction of sp³-hybridized carbons (Fsp3) is 0.769. The summed E-state index contributed by atoms with van der Waals surface area (Å²) in [6.45, 7) is 5.50. The third kappa shape index (κ3) is 4.52. The van der Waals surface area contributed by atoms with Crippen LogP contribution in [-0.2, 0) is 9.59 Å². The van der Waals surface area contributed by atoms with Crippen LogP contribution in [0.3, 0.4) is 0 Å². The molecule has 2 atom stereocenters. The molecular weight excluding hydrogens is 294 g/mol. The quantitative estimate of drug-likeness (QED) is 0.783. The Morgan fingerprint density at radius 1 is 1.43 bits per heavy atom. The lowest BCUT2D eigenvalue weighted by Crippen LogP contribution is -2.52. The molecule has 0 aromatic heterocycles. The first-order valence-electron chi connectivity index (χ1n) is 6.95. The number of nitrogens with one attached hydrogen (secondary N) is 1. The normalized spacial score (nSPS) is 21.5. The van der Waals surface area contributed by atoms with Crippen molar-refractivity contribution in [3.8, 4) is 0 Å². The first kappa shape index (κ1) is 17.6. The average Bonchev–Trinajstić information content (AvgIpc) is 2.80. The minimum atomic E-state index is -1.01. The van der Waals surface area contributed by atoms with Crippen LogP contribution in [0, 0.1) is 0 Å². The van der Waals surface area contributed by atoms with Gasteiger partial charge in [0.15, 0.2) is 0 Å². The molecule has 0 aromatic rings. The number of nitrogens with zero attached hydrogens (tertiary/aromatic N) is 2. The highest BCUT2D eigenvalue weighted by Gasteiger charge is 2.42. The molecule has 1 saturated heterocycles. The number of hydrogen-bond donors (Lipinski definition) is 2. The molecule has 0 radical (unpaired) electrons. The van der Waals surface area contributed by atoms with Gasteiger partial charge in [0.25, 0.3) is 0 Å². The van der Waals surface area contributed by atoms with E-state index in [1.165, 1.54) is 28.6 Å². The van der Waals surface area contributed by atoms with Crippen molar-refractivity contribution in [2.24, 2.45) is 0 Å². The summed E-state index contributed by atoms with van der Waals surface area (Å²) < 4.78 is 0. The number of rotatable bonds is 5. The number of likely N-dealkylation sites (N-methyl/N-ethyl adjacent to an activating group) is 1. The second kappa shape index (κ2) is 7.53. The number of carboxylic acid groups (broad SMARTS) is 1. The van der Waals surface area contributed by atoms with E-state index in [1.807, 2.05) is 20.8 Å². The molecule has 3 amide bonds. The number of carbonyl (C=O) groups is 3. The standard InChI is InChI=1S/C13H23N3O4S/c1-5-11-16(9(7-21-11)12(18)19)13(20)15(4)6-10(17)14-8(2)3/h8-9,11H,5-7H2,1-4H3,(H,14,17)(H,18,19). The minimum Gasteiger partial charge on any atom is -0.480 e. The fourth-order valence-electron chi connectivity index (χ4n) is 2.17. The molecule has 1 aliphatic rings. The Kier molecular flexibility index (Phi) is 6.32. The van der Waals surface area contributed by atoms with E-state index >= 15 is 0 Å². The number of amides is 3. The van der Waals surface area contributed by atoms with Crippen molar-refractivity contribution in [3.05, 3.63) is 0 Å². The molecule has 21 heavy (non-hydrogen) atoms. The number of hydrogen-bond acceptors (Lipinski definition) is 4. The molecule has 0 aliphatic carbocycles. The number of urea groups is 1. The summed E-state index contributed by atoms with van der Waals surface area (Å²) in [5.41, 5.74) is 0. The van der Waals surface area contributed by atoms with Gasteiger partial charge in [-0.05, 0) is 20.3 Å². The van der Waals surface area contributed by atoms with Gasteiger partial charge in [0.05, 0.1) is 5.37 Å². The second-order valence-electron chi connectivity index (χ2n) is 5.32. The van der Waals surface area contributed by atoms with Gasteiger partial charge in [0.2, 0.25) is 5.91 Å². The molecule has 1 heterocycles. The third-order valence-electron chi connectivity index (χ3n) is 3.10. The van der Waals surface area contributed by atoms with Crippen molar-refractivity contribution in [1.82, 2.24) is 15.1 Å². The van der Waals surface area contributed by atoms with Gasteiger partial charge in [-0.2, -0.15) is 0 Å². The molecule has 0 saturated carbocycles. The van der Waals surface area contributed by atoms with Gasteiger partial charge in [-0.15, -0.1) is 11.8 Å². The summed E-state index contributed by atoms with van der Waals surface area (Å²) in [4.78, 5) is 38.1. The van der Waals surface area contributed by atoms with Crippen LogP contribution < -0.4 is 5.32 Å². The van der Waals surface area contributed by atoms with E-state index in [-0.39, 0.29) is 23.9 Å². The van der Waals surface area contributed by atoms with Gasteiger partial charge in [-0.3, -0.25) is 9.69 Å². The number of thioether (sulfide) groups is 1. The maximum Gasteiger partial charge on any atom is 0.327 e. The number of carbonyl (C=O) groups excluding carboxylic acids is 2. The summed E-state index contributed by atoms with van der Waals surface area (Å²) >= 11 is 1.46. The Hall–Kier alpha value is -1.44. The molecule has 2 unspecified atom stereocenters. The van der Waals surface area contributed by atoms with E-state index in [4.69, 9.17) is 0 Å². The van der Waals surface area contributed by atoms with Crippen LogP contribution in [-0.4, -0.2) is 69.6 Å². The maximum atomic E-state index is 12.4. The first-order valence-corrected chi connectivity index (χ1v) is 8.00. The van der Waals surface area contributed by atoms with Crippen LogP contribution in [0.15, 0.2) is 0 Å². The minimum absolute atomic E-state index is 0.00139. The zero-order valence-electron chi connectivity index (χ0n) is 12.8. The third-order valence-corrected chi connectivity index (χ3v) is 4.56. The monoisotopic (exact) mass is 317 g/mol. The Balaban J connectivity index is 2.74. The van der Waals surface area contributed by atoms with E-state index in [2.05, 4.69) is 5.32 Å². The van der Waals surface area contributed by atoms with E-state index < -0.39 is 18.0 Å². The predicted molar refractivity (Wildman–Crippen MR) is 81.1 cm³/mol. The Labute approximate surface area is 129 Å². The highest BCUT2D eigenvalue weighted by molar-refractivity contribution is 8.00. The topological polar surface area (TPSA) is 90.0 Å². The molecule has 2 N–H and O–H groups in total. The van der Waals surface area contributed by atoms with Gasteiger partial charge >= 0.3 is 12.0 Å². The van der Waals surface area contributed by atoms with Crippen molar-refractivity contribution < 1.29 is 19.5 Å². The summed E-state index contributed by atoms with van der Waals surface area (Å²) in [6, 6.07) is -1.25. The molecule has 0 bridgehead atoms. The predicted octanol–water partition coefficient (Wildman–Crippen LogP) is 0.801. The maximum absolute atomic E-state index is 12.4. The molecule has 0 aromatic carbocycles. The van der Waals surface area contributed by atoms with Crippen LogP contribution >= 0.6 is 11.8 Å². The molecule has 1 fully saturated rings. The lowest BCUT2D eigenvalue weighted by Gasteiger charge is -2.31. The second-order valence-corrected chi connectivity index (χ2v) is 6.53. The summed E-state index contributed by atoms with van der Waals surface area (Å²) in [7, 11) is 1.51. The van der Waals surface area contributed by atoms with Crippen molar-refractivity contribution in [3.63, 3.8) is 0 Å². The average molecular weight is 317 g/mol. The van der Waals surface area contributed by atoms with E-state index in [1.54, 1.807) is 0 Å². The van der Waals surface area contributed by atoms with E-state index in [0.717, 1.165) is 0 Å². The lowest BCUT2D eigenvalue weighted by atomic mass is 10.2.